The van der Waals surface area contributed by atoms with Gasteiger partial charge in [0.05, 0.1) is 17.1 Å². The number of nitrogens with zero attached hydrogens (tertiary/aromatic N) is 1. The molecule has 0 aliphatic carbocycles. The van der Waals surface area contributed by atoms with Crippen LogP contribution < -0.4 is 5.32 Å². The summed E-state index contributed by atoms with van der Waals surface area (Å²) in [6.45, 7) is 6.05. The molecule has 2 aromatic heterocycles. The van der Waals surface area contributed by atoms with Crippen molar-refractivity contribution >= 4 is 17.0 Å². The maximum Gasteiger partial charge on any atom is 0.201 e. The fourth-order valence-electron chi connectivity index (χ4n) is 2.38. The maximum atomic E-state index is 5.56. The van der Waals surface area contributed by atoms with E-state index in [2.05, 4.69) is 28.3 Å². The number of rotatable bonds is 3. The van der Waals surface area contributed by atoms with Crippen LogP contribution in [0.15, 0.2) is 34.7 Å². The zero-order chi connectivity index (χ0) is 13.4. The molecular weight excluding hydrogens is 238 g/mol. The van der Waals surface area contributed by atoms with Crippen molar-refractivity contribution in [3.05, 3.63) is 47.4 Å². The van der Waals surface area contributed by atoms with Crippen molar-refractivity contribution < 1.29 is 4.42 Å². The zero-order valence-corrected chi connectivity index (χ0v) is 11.3. The van der Waals surface area contributed by atoms with Crippen LogP contribution in [0.25, 0.3) is 11.0 Å². The lowest BCUT2D eigenvalue weighted by atomic mass is 10.1. The lowest BCUT2D eigenvalue weighted by Gasteiger charge is -2.11. The molecule has 0 aliphatic heterocycles. The van der Waals surface area contributed by atoms with Gasteiger partial charge in [-0.25, -0.2) is 4.98 Å². The summed E-state index contributed by atoms with van der Waals surface area (Å²) in [6, 6.07) is 10.2. The van der Waals surface area contributed by atoms with E-state index in [1.165, 1.54) is 0 Å². The summed E-state index contributed by atoms with van der Waals surface area (Å²) in [5, 5.41) is 3.38. The van der Waals surface area contributed by atoms with Crippen LogP contribution in [0.1, 0.15) is 30.0 Å². The average Bonchev–Trinajstić information content (AvgIpc) is 2.91. The number of imidazole rings is 1. The third-order valence-electron chi connectivity index (χ3n) is 3.29. The van der Waals surface area contributed by atoms with Gasteiger partial charge in [-0.2, -0.15) is 0 Å². The van der Waals surface area contributed by atoms with Gasteiger partial charge in [-0.05, 0) is 39.0 Å². The van der Waals surface area contributed by atoms with E-state index in [9.17, 15) is 0 Å². The quantitative estimate of drug-likeness (QED) is 0.745. The van der Waals surface area contributed by atoms with Crippen molar-refractivity contribution in [2.24, 2.45) is 0 Å². The number of anilines is 1. The Balaban J connectivity index is 1.86. The molecular formula is C15H17N3O. The SMILES string of the molecule is Cc1cc(C(C)Nc2nc3ccccc3[nH]2)c(C)o1. The van der Waals surface area contributed by atoms with Crippen LogP contribution in [0.4, 0.5) is 5.95 Å². The van der Waals surface area contributed by atoms with E-state index in [1.807, 2.05) is 38.1 Å². The van der Waals surface area contributed by atoms with Crippen molar-refractivity contribution in [1.29, 1.82) is 0 Å². The molecule has 3 rings (SSSR count). The molecule has 4 nitrogen and oxygen atoms in total. The molecule has 1 aromatic carbocycles. The molecule has 4 heteroatoms. The molecule has 0 bridgehead atoms. The molecule has 0 saturated heterocycles. The van der Waals surface area contributed by atoms with E-state index >= 15 is 0 Å². The van der Waals surface area contributed by atoms with Gasteiger partial charge in [-0.15, -0.1) is 0 Å². The Hall–Kier alpha value is -2.23. The lowest BCUT2D eigenvalue weighted by molar-refractivity contribution is 0.499. The first-order valence-corrected chi connectivity index (χ1v) is 6.41. The monoisotopic (exact) mass is 255 g/mol. The van der Waals surface area contributed by atoms with Crippen LogP contribution in [0, 0.1) is 13.8 Å². The molecule has 98 valence electrons. The first-order chi connectivity index (χ1) is 9.13. The second kappa shape index (κ2) is 4.46. The highest BCUT2D eigenvalue weighted by atomic mass is 16.3. The number of hydrogen-bond acceptors (Lipinski definition) is 3. The molecule has 0 fully saturated rings. The third kappa shape index (κ3) is 2.21. The molecule has 2 N–H and O–H groups in total. The van der Waals surface area contributed by atoms with Gasteiger partial charge in [0, 0.05) is 5.56 Å². The molecule has 1 atom stereocenters. The highest BCUT2D eigenvalue weighted by molar-refractivity contribution is 5.77. The number of H-pyrrole nitrogens is 1. The van der Waals surface area contributed by atoms with Crippen LogP contribution >= 0.6 is 0 Å². The normalized spacial score (nSPS) is 12.8. The Morgan fingerprint density at radius 3 is 2.74 bits per heavy atom. The number of benzene rings is 1. The molecule has 19 heavy (non-hydrogen) atoms. The zero-order valence-electron chi connectivity index (χ0n) is 11.3. The Bertz CT molecular complexity index is 678. The smallest absolute Gasteiger partial charge is 0.201 e. The minimum atomic E-state index is 0.151. The largest absolute Gasteiger partial charge is 0.466 e. The van der Waals surface area contributed by atoms with Crippen LogP contribution in [0.3, 0.4) is 0 Å². The fraction of sp³-hybridized carbons (Fsp3) is 0.267. The van der Waals surface area contributed by atoms with Crippen molar-refractivity contribution in [3.63, 3.8) is 0 Å². The Labute approximate surface area is 111 Å². The van der Waals surface area contributed by atoms with E-state index < -0.39 is 0 Å². The summed E-state index contributed by atoms with van der Waals surface area (Å²) >= 11 is 0. The number of aromatic nitrogens is 2. The highest BCUT2D eigenvalue weighted by Crippen LogP contribution is 2.24. The average molecular weight is 255 g/mol. The van der Waals surface area contributed by atoms with Gasteiger partial charge in [-0.1, -0.05) is 12.1 Å². The summed E-state index contributed by atoms with van der Waals surface area (Å²) in [6.07, 6.45) is 0. The lowest BCUT2D eigenvalue weighted by Crippen LogP contribution is -2.07. The summed E-state index contributed by atoms with van der Waals surface area (Å²) in [5.41, 5.74) is 3.17. The van der Waals surface area contributed by atoms with E-state index in [1.54, 1.807) is 0 Å². The molecule has 0 amide bonds. The fourth-order valence-corrected chi connectivity index (χ4v) is 2.38. The van der Waals surface area contributed by atoms with Crippen molar-refractivity contribution in [2.45, 2.75) is 26.8 Å². The van der Waals surface area contributed by atoms with Crippen molar-refractivity contribution in [3.8, 4) is 0 Å². The van der Waals surface area contributed by atoms with Gasteiger partial charge in [0.2, 0.25) is 5.95 Å². The Morgan fingerprint density at radius 2 is 2.05 bits per heavy atom. The number of para-hydroxylation sites is 2. The molecule has 0 radical (unpaired) electrons. The van der Waals surface area contributed by atoms with E-state index in [4.69, 9.17) is 4.42 Å². The predicted molar refractivity (Wildman–Crippen MR) is 76.3 cm³/mol. The predicted octanol–water partition coefficient (Wildman–Crippen LogP) is 3.95. The second-order valence-corrected chi connectivity index (χ2v) is 4.84. The minimum Gasteiger partial charge on any atom is -0.466 e. The molecule has 1 unspecified atom stereocenters. The van der Waals surface area contributed by atoms with Gasteiger partial charge < -0.3 is 14.7 Å². The van der Waals surface area contributed by atoms with E-state index in [0.717, 1.165) is 34.1 Å². The topological polar surface area (TPSA) is 53.9 Å². The number of aryl methyl sites for hydroxylation is 2. The first-order valence-electron chi connectivity index (χ1n) is 6.41. The van der Waals surface area contributed by atoms with Crippen LogP contribution in [0.5, 0.6) is 0 Å². The molecule has 2 heterocycles. The van der Waals surface area contributed by atoms with Crippen molar-refractivity contribution in [1.82, 2.24) is 9.97 Å². The standard InChI is InChI=1S/C15H17N3O/c1-9-8-12(11(3)19-9)10(2)16-15-17-13-6-4-5-7-14(13)18-15/h4-8,10H,1-3H3,(H2,16,17,18). The Morgan fingerprint density at radius 1 is 1.26 bits per heavy atom. The van der Waals surface area contributed by atoms with Gasteiger partial charge in [0.15, 0.2) is 0 Å². The highest BCUT2D eigenvalue weighted by Gasteiger charge is 2.13. The summed E-state index contributed by atoms with van der Waals surface area (Å²) < 4.78 is 5.56. The van der Waals surface area contributed by atoms with Gasteiger partial charge in [0.1, 0.15) is 11.5 Å². The van der Waals surface area contributed by atoms with Crippen molar-refractivity contribution in [2.75, 3.05) is 5.32 Å². The third-order valence-corrected chi connectivity index (χ3v) is 3.29. The molecule has 3 aromatic rings. The Kier molecular flexibility index (Phi) is 2.78. The molecule has 0 saturated carbocycles. The van der Waals surface area contributed by atoms with Crippen LogP contribution in [-0.2, 0) is 0 Å². The van der Waals surface area contributed by atoms with Gasteiger partial charge in [-0.3, -0.25) is 0 Å². The van der Waals surface area contributed by atoms with Gasteiger partial charge in [0.25, 0.3) is 0 Å². The number of hydrogen-bond donors (Lipinski definition) is 2. The second-order valence-electron chi connectivity index (χ2n) is 4.84. The number of nitrogens with one attached hydrogen (secondary N) is 2. The summed E-state index contributed by atoms with van der Waals surface area (Å²) in [5.74, 6) is 2.67. The molecule has 0 spiro atoms. The minimum absolute atomic E-state index is 0.151. The summed E-state index contributed by atoms with van der Waals surface area (Å²) in [7, 11) is 0. The first kappa shape index (κ1) is 11.8. The van der Waals surface area contributed by atoms with Crippen LogP contribution in [-0.4, -0.2) is 9.97 Å². The number of aromatic amines is 1. The number of furan rings is 1. The number of fused-ring (bicyclic) bond motifs is 1. The van der Waals surface area contributed by atoms with Gasteiger partial charge >= 0.3 is 0 Å². The van der Waals surface area contributed by atoms with E-state index in [-0.39, 0.29) is 6.04 Å². The maximum absolute atomic E-state index is 5.56. The molecule has 0 aliphatic rings. The van der Waals surface area contributed by atoms with E-state index in [0.29, 0.717) is 0 Å². The van der Waals surface area contributed by atoms with Crippen LogP contribution in [0.2, 0.25) is 0 Å². The summed E-state index contributed by atoms with van der Waals surface area (Å²) in [4.78, 5) is 7.79.